The molecule has 2 aromatic heterocycles. The fourth-order valence-electron chi connectivity index (χ4n) is 3.12. The SMILES string of the molecule is Cc1cccc(CN2C[C@@H](c3noc(-c4ccccn4)n3)CC2=O)c1. The van der Waals surface area contributed by atoms with Crippen molar-refractivity contribution in [2.24, 2.45) is 0 Å². The molecule has 0 N–H and O–H groups in total. The maximum atomic E-state index is 12.4. The van der Waals surface area contributed by atoms with Crippen LogP contribution < -0.4 is 0 Å². The molecule has 6 nitrogen and oxygen atoms in total. The van der Waals surface area contributed by atoms with E-state index in [-0.39, 0.29) is 11.8 Å². The summed E-state index contributed by atoms with van der Waals surface area (Å²) in [5, 5.41) is 4.06. The average Bonchev–Trinajstić information content (AvgIpc) is 3.23. The Morgan fingerprint density at radius 3 is 2.96 bits per heavy atom. The quantitative estimate of drug-likeness (QED) is 0.733. The molecule has 1 amide bonds. The second-order valence-electron chi connectivity index (χ2n) is 6.34. The Bertz CT molecular complexity index is 891. The lowest BCUT2D eigenvalue weighted by Gasteiger charge is -2.16. The van der Waals surface area contributed by atoms with E-state index < -0.39 is 0 Å². The van der Waals surface area contributed by atoms with Gasteiger partial charge in [-0.1, -0.05) is 41.1 Å². The fraction of sp³-hybridized carbons (Fsp3) is 0.263. The molecule has 0 spiro atoms. The van der Waals surface area contributed by atoms with Crippen LogP contribution in [0.1, 0.15) is 29.3 Å². The van der Waals surface area contributed by atoms with Crippen LogP contribution >= 0.6 is 0 Å². The van der Waals surface area contributed by atoms with Gasteiger partial charge in [-0.05, 0) is 24.6 Å². The number of rotatable bonds is 4. The van der Waals surface area contributed by atoms with Crippen LogP contribution in [0.3, 0.4) is 0 Å². The van der Waals surface area contributed by atoms with Crippen LogP contribution in [0, 0.1) is 6.92 Å². The summed E-state index contributed by atoms with van der Waals surface area (Å²) in [4.78, 5) is 22.9. The van der Waals surface area contributed by atoms with Crippen molar-refractivity contribution >= 4 is 5.91 Å². The van der Waals surface area contributed by atoms with E-state index in [0.29, 0.717) is 36.9 Å². The van der Waals surface area contributed by atoms with Gasteiger partial charge in [0.05, 0.1) is 0 Å². The highest BCUT2D eigenvalue weighted by molar-refractivity contribution is 5.79. The summed E-state index contributed by atoms with van der Waals surface area (Å²) in [6.45, 7) is 3.27. The predicted octanol–water partition coefficient (Wildman–Crippen LogP) is 2.96. The van der Waals surface area contributed by atoms with E-state index in [4.69, 9.17) is 4.52 Å². The van der Waals surface area contributed by atoms with Crippen LogP contribution in [0.4, 0.5) is 0 Å². The topological polar surface area (TPSA) is 72.1 Å². The Labute approximate surface area is 145 Å². The van der Waals surface area contributed by atoms with Crippen molar-refractivity contribution < 1.29 is 9.32 Å². The number of nitrogens with zero attached hydrogens (tertiary/aromatic N) is 4. The van der Waals surface area contributed by atoms with Gasteiger partial charge in [0.1, 0.15) is 5.69 Å². The number of carbonyl (C=O) groups excluding carboxylic acids is 1. The number of aromatic nitrogens is 3. The van der Waals surface area contributed by atoms with Crippen molar-refractivity contribution in [1.29, 1.82) is 0 Å². The van der Waals surface area contributed by atoms with Crippen molar-refractivity contribution in [3.63, 3.8) is 0 Å². The largest absolute Gasteiger partial charge is 0.338 e. The first-order valence-electron chi connectivity index (χ1n) is 8.27. The Morgan fingerprint density at radius 2 is 2.16 bits per heavy atom. The van der Waals surface area contributed by atoms with Gasteiger partial charge in [0.25, 0.3) is 5.89 Å². The summed E-state index contributed by atoms with van der Waals surface area (Å²) in [6, 6.07) is 13.7. The first-order valence-corrected chi connectivity index (χ1v) is 8.27. The standard InChI is InChI=1S/C19H18N4O2/c1-13-5-4-6-14(9-13)11-23-12-15(10-17(23)24)18-21-19(25-22-18)16-7-2-3-8-20-16/h2-9,15H,10-12H2,1H3/t15-/m0/s1. The van der Waals surface area contributed by atoms with Gasteiger partial charge >= 0.3 is 0 Å². The van der Waals surface area contributed by atoms with Crippen LogP contribution in [0.2, 0.25) is 0 Å². The van der Waals surface area contributed by atoms with Gasteiger partial charge in [-0.15, -0.1) is 0 Å². The highest BCUT2D eigenvalue weighted by Gasteiger charge is 2.33. The Hall–Kier alpha value is -3.02. The van der Waals surface area contributed by atoms with E-state index in [9.17, 15) is 4.79 Å². The van der Waals surface area contributed by atoms with E-state index in [0.717, 1.165) is 5.56 Å². The number of likely N-dealkylation sites (tertiary alicyclic amines) is 1. The van der Waals surface area contributed by atoms with E-state index in [1.807, 2.05) is 35.2 Å². The summed E-state index contributed by atoms with van der Waals surface area (Å²) in [5.74, 6) is 1.04. The summed E-state index contributed by atoms with van der Waals surface area (Å²) >= 11 is 0. The minimum atomic E-state index is -0.0430. The maximum Gasteiger partial charge on any atom is 0.276 e. The number of carbonyl (C=O) groups is 1. The third-order valence-electron chi connectivity index (χ3n) is 4.36. The zero-order valence-corrected chi connectivity index (χ0v) is 13.9. The van der Waals surface area contributed by atoms with Gasteiger partial charge in [0.15, 0.2) is 5.82 Å². The molecule has 0 saturated carbocycles. The van der Waals surface area contributed by atoms with Crippen molar-refractivity contribution in [3.05, 3.63) is 65.6 Å². The number of benzene rings is 1. The van der Waals surface area contributed by atoms with Crippen LogP contribution in [0.15, 0.2) is 53.2 Å². The number of aryl methyl sites for hydroxylation is 1. The zero-order chi connectivity index (χ0) is 17.2. The Kier molecular flexibility index (Phi) is 4.01. The molecule has 6 heteroatoms. The first kappa shape index (κ1) is 15.5. The summed E-state index contributed by atoms with van der Waals surface area (Å²) in [6.07, 6.45) is 2.09. The summed E-state index contributed by atoms with van der Waals surface area (Å²) < 4.78 is 5.31. The van der Waals surface area contributed by atoms with E-state index in [2.05, 4.69) is 34.2 Å². The highest BCUT2D eigenvalue weighted by Crippen LogP contribution is 2.28. The van der Waals surface area contributed by atoms with Gasteiger partial charge in [-0.2, -0.15) is 4.98 Å². The minimum Gasteiger partial charge on any atom is -0.338 e. The normalized spacial score (nSPS) is 17.2. The van der Waals surface area contributed by atoms with E-state index in [1.165, 1.54) is 5.56 Å². The number of hydrogen-bond donors (Lipinski definition) is 0. The first-order chi connectivity index (χ1) is 12.2. The van der Waals surface area contributed by atoms with Gasteiger partial charge in [-0.25, -0.2) is 0 Å². The fourth-order valence-corrected chi connectivity index (χ4v) is 3.12. The van der Waals surface area contributed by atoms with Crippen molar-refractivity contribution in [2.45, 2.75) is 25.8 Å². The molecule has 126 valence electrons. The molecule has 1 aromatic carbocycles. The predicted molar refractivity (Wildman–Crippen MR) is 91.5 cm³/mol. The third-order valence-corrected chi connectivity index (χ3v) is 4.36. The third kappa shape index (κ3) is 3.28. The maximum absolute atomic E-state index is 12.4. The average molecular weight is 334 g/mol. The molecule has 1 aliphatic heterocycles. The van der Waals surface area contributed by atoms with Crippen LogP contribution in [0.25, 0.3) is 11.6 Å². The van der Waals surface area contributed by atoms with Gasteiger partial charge in [-0.3, -0.25) is 9.78 Å². The number of pyridine rings is 1. The Morgan fingerprint density at radius 1 is 1.24 bits per heavy atom. The summed E-state index contributed by atoms with van der Waals surface area (Å²) in [7, 11) is 0. The molecule has 3 heterocycles. The van der Waals surface area contributed by atoms with Crippen molar-refractivity contribution in [2.75, 3.05) is 6.54 Å². The molecule has 1 aliphatic rings. The van der Waals surface area contributed by atoms with Crippen LogP contribution in [-0.4, -0.2) is 32.5 Å². The molecule has 1 fully saturated rings. The van der Waals surface area contributed by atoms with E-state index >= 15 is 0 Å². The molecular weight excluding hydrogens is 316 g/mol. The summed E-state index contributed by atoms with van der Waals surface area (Å²) in [5.41, 5.74) is 2.97. The lowest BCUT2D eigenvalue weighted by molar-refractivity contribution is -0.128. The Balaban J connectivity index is 1.48. The molecule has 0 radical (unpaired) electrons. The minimum absolute atomic E-state index is 0.0430. The molecule has 0 unspecified atom stereocenters. The highest BCUT2D eigenvalue weighted by atomic mass is 16.5. The lowest BCUT2D eigenvalue weighted by Crippen LogP contribution is -2.24. The van der Waals surface area contributed by atoms with E-state index in [1.54, 1.807) is 6.20 Å². The van der Waals surface area contributed by atoms with Gasteiger partial charge in [0, 0.05) is 31.6 Å². The molecule has 1 saturated heterocycles. The second kappa shape index (κ2) is 6.47. The molecular formula is C19H18N4O2. The monoisotopic (exact) mass is 334 g/mol. The molecule has 0 aliphatic carbocycles. The zero-order valence-electron chi connectivity index (χ0n) is 13.9. The number of amides is 1. The smallest absolute Gasteiger partial charge is 0.276 e. The molecule has 1 atom stereocenters. The van der Waals surface area contributed by atoms with Crippen molar-refractivity contribution in [3.8, 4) is 11.6 Å². The van der Waals surface area contributed by atoms with Gasteiger partial charge < -0.3 is 9.42 Å². The molecule has 25 heavy (non-hydrogen) atoms. The molecule has 4 rings (SSSR count). The molecule has 0 bridgehead atoms. The second-order valence-corrected chi connectivity index (χ2v) is 6.34. The van der Waals surface area contributed by atoms with Gasteiger partial charge in [0.2, 0.25) is 5.91 Å². The van der Waals surface area contributed by atoms with Crippen molar-refractivity contribution in [1.82, 2.24) is 20.0 Å². The number of hydrogen-bond acceptors (Lipinski definition) is 5. The van der Waals surface area contributed by atoms with Crippen LogP contribution in [-0.2, 0) is 11.3 Å². The molecule has 3 aromatic rings. The lowest BCUT2D eigenvalue weighted by atomic mass is 10.1. The van der Waals surface area contributed by atoms with Crippen LogP contribution in [0.5, 0.6) is 0 Å².